The van der Waals surface area contributed by atoms with Gasteiger partial charge in [-0.1, -0.05) is 0 Å². The van der Waals surface area contributed by atoms with E-state index in [1.54, 1.807) is 19.2 Å². The first-order chi connectivity index (χ1) is 8.43. The Hall–Kier alpha value is -1.62. The van der Waals surface area contributed by atoms with Gasteiger partial charge in [-0.25, -0.2) is 0 Å². The molecule has 1 heterocycles. The minimum Gasteiger partial charge on any atom is -0.465 e. The fraction of sp³-hybridized carbons (Fsp3) is 0.538. The minimum absolute atomic E-state index is 0.160. The van der Waals surface area contributed by atoms with Gasteiger partial charge in [0.1, 0.15) is 0 Å². The van der Waals surface area contributed by atoms with E-state index in [1.807, 2.05) is 13.8 Å². The van der Waals surface area contributed by atoms with E-state index >= 15 is 0 Å². The zero-order chi connectivity index (χ0) is 13.6. The fourth-order valence-corrected chi connectivity index (χ4v) is 1.25. The maximum Gasteiger partial charge on any atom is 0.311 e. The number of hydrogen-bond acceptors (Lipinski definition) is 5. The second-order valence-electron chi connectivity index (χ2n) is 4.69. The van der Waals surface area contributed by atoms with Crippen molar-refractivity contribution >= 4 is 11.7 Å². The molecule has 0 aliphatic heterocycles. The number of rotatable bonds is 6. The Bertz CT molecular complexity index is 388. The number of nitrogens with zero attached hydrogens (tertiary/aromatic N) is 1. The van der Waals surface area contributed by atoms with Gasteiger partial charge < -0.3 is 15.2 Å². The minimum atomic E-state index is -0.292. The Morgan fingerprint density at radius 1 is 1.44 bits per heavy atom. The topological polar surface area (TPSA) is 74.4 Å². The highest BCUT2D eigenvalue weighted by atomic mass is 16.5. The van der Waals surface area contributed by atoms with E-state index in [0.29, 0.717) is 24.4 Å². The predicted octanol–water partition coefficient (Wildman–Crippen LogP) is 1.56. The Balaban J connectivity index is 2.32. The average Bonchev–Trinajstić information content (AvgIpc) is 2.32. The van der Waals surface area contributed by atoms with E-state index in [9.17, 15) is 4.79 Å². The molecule has 0 amide bonds. The van der Waals surface area contributed by atoms with Gasteiger partial charge in [-0.05, 0) is 26.0 Å². The number of esters is 1. The molecule has 5 heteroatoms. The molecule has 0 radical (unpaired) electrons. The lowest BCUT2D eigenvalue weighted by Gasteiger charge is -2.22. The average molecular weight is 252 g/mol. The molecule has 0 saturated carbocycles. The molecule has 5 nitrogen and oxygen atoms in total. The summed E-state index contributed by atoms with van der Waals surface area (Å²) in [6.07, 6.45) is 2.34. The summed E-state index contributed by atoms with van der Waals surface area (Å²) in [5.74, 6) is -0.292. The monoisotopic (exact) mass is 252 g/mol. The number of pyridine rings is 1. The summed E-state index contributed by atoms with van der Waals surface area (Å²) in [4.78, 5) is 15.6. The maximum absolute atomic E-state index is 11.5. The number of aromatic nitrogens is 1. The number of hydrogen-bond donors (Lipinski definition) is 1. The predicted molar refractivity (Wildman–Crippen MR) is 69.0 cm³/mol. The summed E-state index contributed by atoms with van der Waals surface area (Å²) in [6, 6.07) is 3.43. The number of methoxy groups -OCH3 is 1. The third-order valence-corrected chi connectivity index (χ3v) is 2.69. The van der Waals surface area contributed by atoms with Gasteiger partial charge in [0, 0.05) is 13.5 Å². The Morgan fingerprint density at radius 3 is 2.72 bits per heavy atom. The first kappa shape index (κ1) is 14.4. The smallest absolute Gasteiger partial charge is 0.311 e. The van der Waals surface area contributed by atoms with Crippen LogP contribution in [0.1, 0.15) is 26.0 Å². The van der Waals surface area contributed by atoms with Crippen LogP contribution in [0.25, 0.3) is 0 Å². The lowest BCUT2D eigenvalue weighted by atomic mass is 10.1. The quantitative estimate of drug-likeness (QED) is 0.778. The lowest BCUT2D eigenvalue weighted by Crippen LogP contribution is -2.25. The van der Waals surface area contributed by atoms with Crippen molar-refractivity contribution in [3.8, 4) is 0 Å². The van der Waals surface area contributed by atoms with Crippen molar-refractivity contribution < 1.29 is 14.3 Å². The number of ether oxygens (including phenoxy) is 2. The van der Waals surface area contributed by atoms with Gasteiger partial charge in [-0.2, -0.15) is 0 Å². The Morgan fingerprint density at radius 2 is 2.17 bits per heavy atom. The summed E-state index contributed by atoms with van der Waals surface area (Å²) in [5, 5.41) is 0. The molecule has 0 fully saturated rings. The molecule has 0 spiro atoms. The van der Waals surface area contributed by atoms with Gasteiger partial charge in [0.15, 0.2) is 0 Å². The maximum atomic E-state index is 11.5. The molecule has 18 heavy (non-hydrogen) atoms. The molecule has 0 aromatic carbocycles. The van der Waals surface area contributed by atoms with E-state index in [4.69, 9.17) is 15.2 Å². The van der Waals surface area contributed by atoms with Crippen LogP contribution in [0.15, 0.2) is 18.3 Å². The van der Waals surface area contributed by atoms with Crippen LogP contribution in [0.3, 0.4) is 0 Å². The first-order valence-corrected chi connectivity index (χ1v) is 5.84. The molecule has 100 valence electrons. The summed E-state index contributed by atoms with van der Waals surface area (Å²) in [5.41, 5.74) is 6.46. The molecular formula is C13H20N2O3. The van der Waals surface area contributed by atoms with Crippen molar-refractivity contribution in [2.24, 2.45) is 0 Å². The van der Waals surface area contributed by atoms with E-state index in [1.165, 1.54) is 6.20 Å². The van der Waals surface area contributed by atoms with Crippen LogP contribution in [0.2, 0.25) is 0 Å². The third kappa shape index (κ3) is 5.14. The standard InChI is InChI=1S/C13H20N2O3/c1-13(2,17-3)6-7-18-12(16)8-11-5-4-10(14)9-15-11/h4-5,9H,6-8,14H2,1-3H3. The molecule has 0 bridgehead atoms. The third-order valence-electron chi connectivity index (χ3n) is 2.69. The van der Waals surface area contributed by atoms with Crippen molar-refractivity contribution in [2.75, 3.05) is 19.5 Å². The molecule has 1 aromatic heterocycles. The molecule has 0 unspecified atom stereocenters. The largest absolute Gasteiger partial charge is 0.465 e. The second-order valence-corrected chi connectivity index (χ2v) is 4.69. The summed E-state index contributed by atoms with van der Waals surface area (Å²) in [6.45, 7) is 4.24. The van der Waals surface area contributed by atoms with Crippen LogP contribution in [0, 0.1) is 0 Å². The van der Waals surface area contributed by atoms with Gasteiger partial charge >= 0.3 is 5.97 Å². The number of nitrogen functional groups attached to an aromatic ring is 1. The van der Waals surface area contributed by atoms with Crippen molar-refractivity contribution in [3.63, 3.8) is 0 Å². The van der Waals surface area contributed by atoms with Gasteiger partial charge in [-0.15, -0.1) is 0 Å². The highest BCUT2D eigenvalue weighted by Crippen LogP contribution is 2.12. The van der Waals surface area contributed by atoms with Gasteiger partial charge in [0.2, 0.25) is 0 Å². The van der Waals surface area contributed by atoms with Gasteiger partial charge in [0.05, 0.1) is 36.2 Å². The fourth-order valence-electron chi connectivity index (χ4n) is 1.25. The molecule has 2 N–H and O–H groups in total. The number of anilines is 1. The SMILES string of the molecule is COC(C)(C)CCOC(=O)Cc1ccc(N)cn1. The van der Waals surface area contributed by atoms with Gasteiger partial charge in [-0.3, -0.25) is 9.78 Å². The summed E-state index contributed by atoms with van der Waals surface area (Å²) >= 11 is 0. The number of carbonyl (C=O) groups is 1. The lowest BCUT2D eigenvalue weighted by molar-refractivity contribution is -0.144. The van der Waals surface area contributed by atoms with E-state index in [0.717, 1.165) is 0 Å². The van der Waals surface area contributed by atoms with Crippen LogP contribution < -0.4 is 5.73 Å². The van der Waals surface area contributed by atoms with Crippen LogP contribution >= 0.6 is 0 Å². The first-order valence-electron chi connectivity index (χ1n) is 5.84. The number of nitrogens with two attached hydrogens (primary N) is 1. The van der Waals surface area contributed by atoms with Crippen LogP contribution in [0.4, 0.5) is 5.69 Å². The summed E-state index contributed by atoms with van der Waals surface area (Å²) < 4.78 is 10.4. The highest BCUT2D eigenvalue weighted by molar-refractivity contribution is 5.72. The molecular weight excluding hydrogens is 232 g/mol. The second kappa shape index (κ2) is 6.35. The van der Waals surface area contributed by atoms with Crippen molar-refractivity contribution in [3.05, 3.63) is 24.0 Å². The Kier molecular flexibility index (Phi) is 5.09. The molecule has 0 aliphatic carbocycles. The van der Waals surface area contributed by atoms with Crippen LogP contribution in [0.5, 0.6) is 0 Å². The summed E-state index contributed by atoms with van der Waals surface area (Å²) in [7, 11) is 1.64. The molecule has 0 atom stereocenters. The number of carbonyl (C=O) groups excluding carboxylic acids is 1. The van der Waals surface area contributed by atoms with Gasteiger partial charge in [0.25, 0.3) is 0 Å². The van der Waals surface area contributed by atoms with E-state index < -0.39 is 0 Å². The van der Waals surface area contributed by atoms with Crippen molar-refractivity contribution in [1.29, 1.82) is 0 Å². The molecule has 0 saturated heterocycles. The zero-order valence-corrected chi connectivity index (χ0v) is 11.1. The van der Waals surface area contributed by atoms with Crippen LogP contribution in [-0.2, 0) is 20.7 Å². The molecule has 1 rings (SSSR count). The molecule has 0 aliphatic rings. The van der Waals surface area contributed by atoms with Crippen molar-refractivity contribution in [1.82, 2.24) is 4.98 Å². The zero-order valence-electron chi connectivity index (χ0n) is 11.1. The Labute approximate surface area is 107 Å². The highest BCUT2D eigenvalue weighted by Gasteiger charge is 2.17. The normalized spacial score (nSPS) is 11.3. The van der Waals surface area contributed by atoms with E-state index in [2.05, 4.69) is 4.98 Å². The van der Waals surface area contributed by atoms with Crippen molar-refractivity contribution in [2.45, 2.75) is 32.3 Å². The van der Waals surface area contributed by atoms with E-state index in [-0.39, 0.29) is 18.0 Å². The van der Waals surface area contributed by atoms with Crippen LogP contribution in [-0.4, -0.2) is 30.3 Å². The molecule has 1 aromatic rings.